The van der Waals surface area contributed by atoms with Crippen LogP contribution in [0.1, 0.15) is 89.1 Å². The number of hydrogen-bond acceptors (Lipinski definition) is 12. The summed E-state index contributed by atoms with van der Waals surface area (Å²) in [6.45, 7) is 12.4. The van der Waals surface area contributed by atoms with E-state index in [4.69, 9.17) is 19.5 Å². The van der Waals surface area contributed by atoms with E-state index < -0.39 is 64.2 Å². The van der Waals surface area contributed by atoms with Gasteiger partial charge in [-0.25, -0.2) is 4.98 Å². The molecule has 0 unspecified atom stereocenters. The van der Waals surface area contributed by atoms with E-state index in [1.54, 1.807) is 55.0 Å². The first-order chi connectivity index (χ1) is 32.7. The molecule has 4 aromatic rings. The molecule has 15 nitrogen and oxygen atoms in total. The van der Waals surface area contributed by atoms with Crippen molar-refractivity contribution in [3.63, 3.8) is 0 Å². The number of nitrogens with zero attached hydrogens (tertiary/aromatic N) is 3. The van der Waals surface area contributed by atoms with Gasteiger partial charge in [0.05, 0.1) is 46.0 Å². The van der Waals surface area contributed by atoms with Crippen LogP contribution in [0.4, 0.5) is 24.5 Å². The van der Waals surface area contributed by atoms with Crippen LogP contribution in [0.5, 0.6) is 5.75 Å². The summed E-state index contributed by atoms with van der Waals surface area (Å²) < 4.78 is 57.3. The van der Waals surface area contributed by atoms with Crippen LogP contribution in [0.3, 0.4) is 0 Å². The van der Waals surface area contributed by atoms with E-state index in [2.05, 4.69) is 26.3 Å². The average molecular weight is 978 g/mol. The molecule has 0 spiro atoms. The van der Waals surface area contributed by atoms with Gasteiger partial charge >= 0.3 is 6.18 Å². The molecule has 372 valence electrons. The number of anilines is 2. The van der Waals surface area contributed by atoms with Gasteiger partial charge in [0, 0.05) is 50.7 Å². The topological polar surface area (TPSA) is 204 Å². The summed E-state index contributed by atoms with van der Waals surface area (Å²) in [7, 11) is 0. The van der Waals surface area contributed by atoms with Gasteiger partial charge in [-0.15, -0.1) is 11.3 Å². The van der Waals surface area contributed by atoms with E-state index in [1.165, 1.54) is 17.0 Å². The van der Waals surface area contributed by atoms with Crippen LogP contribution in [0.15, 0.2) is 72.2 Å². The molecule has 1 saturated heterocycles. The average Bonchev–Trinajstić information content (AvgIpc) is 3.92. The molecule has 1 aliphatic heterocycles. The Morgan fingerprint density at radius 1 is 0.899 bits per heavy atom. The highest BCUT2D eigenvalue weighted by molar-refractivity contribution is 7.13. The van der Waals surface area contributed by atoms with Crippen molar-refractivity contribution in [3.05, 3.63) is 94.6 Å². The molecule has 5 rings (SSSR count). The van der Waals surface area contributed by atoms with Gasteiger partial charge in [-0.3, -0.25) is 19.2 Å². The van der Waals surface area contributed by atoms with Crippen LogP contribution in [-0.2, 0) is 41.4 Å². The molecule has 19 heteroatoms. The SMILES string of the molecule is Cc1ncsc1-c1ccc(CNC(=O)[C@@H]2C[C@@H](O)CN2C(=O)[C@@H](NC(=O)COCCCCOCCCCOc2ccc(NC(C)(C)C(=O)Nc3ccc(C#N)c(C(F)(F)F)c3)cc2)C(C)(C)C)cc1. The first-order valence-electron chi connectivity index (χ1n) is 22.8. The third-order valence-corrected chi connectivity index (χ3v) is 12.3. The number of aliphatic hydroxyl groups excluding tert-OH is 1. The Kier molecular flexibility index (Phi) is 19.1. The number of thiazole rings is 1. The predicted molar refractivity (Wildman–Crippen MR) is 256 cm³/mol. The number of nitrogens with one attached hydrogen (secondary N) is 4. The van der Waals surface area contributed by atoms with Crippen molar-refractivity contribution in [2.24, 2.45) is 5.41 Å². The summed E-state index contributed by atoms with van der Waals surface area (Å²) in [4.78, 5) is 60.0. The van der Waals surface area contributed by atoms with Gasteiger partial charge < -0.3 is 45.5 Å². The van der Waals surface area contributed by atoms with Crippen LogP contribution in [-0.4, -0.2) is 102 Å². The molecule has 0 radical (unpaired) electrons. The first-order valence-corrected chi connectivity index (χ1v) is 23.7. The molecule has 1 fully saturated rings. The lowest BCUT2D eigenvalue weighted by Crippen LogP contribution is -2.58. The molecular formula is C50H62F3N7O8S. The fourth-order valence-electron chi connectivity index (χ4n) is 7.45. The van der Waals surface area contributed by atoms with Crippen molar-refractivity contribution in [1.29, 1.82) is 5.26 Å². The highest BCUT2D eigenvalue weighted by atomic mass is 32.1. The number of nitriles is 1. The lowest BCUT2D eigenvalue weighted by molar-refractivity contribution is -0.144. The first kappa shape index (κ1) is 53.9. The van der Waals surface area contributed by atoms with Crippen molar-refractivity contribution >= 4 is 46.3 Å². The third kappa shape index (κ3) is 16.0. The Hall–Kier alpha value is -6.07. The van der Waals surface area contributed by atoms with Crippen molar-refractivity contribution in [3.8, 4) is 22.3 Å². The number of aromatic nitrogens is 1. The minimum absolute atomic E-state index is 0.0240. The molecule has 1 aromatic heterocycles. The van der Waals surface area contributed by atoms with Crippen LogP contribution in [0.25, 0.3) is 10.4 Å². The molecule has 1 aliphatic rings. The van der Waals surface area contributed by atoms with E-state index in [9.17, 15) is 37.5 Å². The molecule has 2 heterocycles. The zero-order chi connectivity index (χ0) is 50.4. The molecule has 69 heavy (non-hydrogen) atoms. The third-order valence-electron chi connectivity index (χ3n) is 11.3. The largest absolute Gasteiger partial charge is 0.494 e. The van der Waals surface area contributed by atoms with Gasteiger partial charge in [0.2, 0.25) is 23.6 Å². The summed E-state index contributed by atoms with van der Waals surface area (Å²) in [6, 6.07) is 17.4. The van der Waals surface area contributed by atoms with Gasteiger partial charge in [-0.1, -0.05) is 45.0 Å². The zero-order valence-electron chi connectivity index (χ0n) is 39.8. The Balaban J connectivity index is 0.927. The Morgan fingerprint density at radius 2 is 1.54 bits per heavy atom. The molecule has 0 bridgehead atoms. The maximum Gasteiger partial charge on any atom is 0.417 e. The second-order valence-corrected chi connectivity index (χ2v) is 19.3. The highest BCUT2D eigenvalue weighted by Gasteiger charge is 2.44. The summed E-state index contributed by atoms with van der Waals surface area (Å²) in [6.07, 6.45) is -2.66. The highest BCUT2D eigenvalue weighted by Crippen LogP contribution is 2.34. The molecule has 0 saturated carbocycles. The number of carbonyl (C=O) groups is 4. The summed E-state index contributed by atoms with van der Waals surface area (Å²) in [5.41, 5.74) is 1.63. The second kappa shape index (κ2) is 24.5. The number of likely N-dealkylation sites (tertiary alicyclic amines) is 1. The van der Waals surface area contributed by atoms with E-state index >= 15 is 0 Å². The fourth-order valence-corrected chi connectivity index (χ4v) is 8.26. The molecular weight excluding hydrogens is 916 g/mol. The number of amides is 4. The zero-order valence-corrected chi connectivity index (χ0v) is 40.7. The van der Waals surface area contributed by atoms with Crippen LogP contribution >= 0.6 is 11.3 Å². The van der Waals surface area contributed by atoms with Crippen LogP contribution < -0.4 is 26.0 Å². The summed E-state index contributed by atoms with van der Waals surface area (Å²) in [5, 5.41) is 30.8. The molecule has 3 aromatic carbocycles. The number of ether oxygens (including phenoxy) is 3. The molecule has 3 atom stereocenters. The number of alkyl halides is 3. The normalized spacial score (nSPS) is 15.5. The Morgan fingerprint density at radius 3 is 2.14 bits per heavy atom. The van der Waals surface area contributed by atoms with Crippen molar-refractivity contribution in [2.45, 2.75) is 110 Å². The number of β-amino-alcohol motifs (C(OH)–C–C–N with tert-alkyl or cyclic N) is 1. The number of aliphatic hydroxyl groups is 1. The standard InChI is InChI=1S/C50H62F3N7O8S/c1-32-43(69-31-56-32)34-13-11-33(12-14-34)28-55-45(63)41-26-38(61)29-60(41)46(64)44(48(2,3)4)58-42(62)30-67-23-8-7-21-66-22-9-10-24-68-39-19-17-36(18-20-39)59-49(5,6)47(65)57-37-16-15-35(27-54)40(25-37)50(51,52)53/h11-20,25,31,38,41,44,59,61H,7-10,21-24,26,28-30H2,1-6H3,(H,55,63)(H,57,65)(H,58,62)/t38-,41+,44-/m1/s1. The lowest BCUT2D eigenvalue weighted by atomic mass is 9.85. The molecule has 4 amide bonds. The summed E-state index contributed by atoms with van der Waals surface area (Å²) in [5.74, 6) is -1.25. The predicted octanol–water partition coefficient (Wildman–Crippen LogP) is 7.62. The van der Waals surface area contributed by atoms with Crippen molar-refractivity contribution in [1.82, 2.24) is 20.5 Å². The van der Waals surface area contributed by atoms with E-state index in [-0.39, 0.29) is 37.7 Å². The number of carbonyl (C=O) groups excluding carboxylic acids is 4. The maximum absolute atomic E-state index is 13.9. The number of benzene rings is 3. The monoisotopic (exact) mass is 977 g/mol. The summed E-state index contributed by atoms with van der Waals surface area (Å²) >= 11 is 1.56. The van der Waals surface area contributed by atoms with Gasteiger partial charge in [0.15, 0.2) is 0 Å². The Labute approximate surface area is 405 Å². The van der Waals surface area contributed by atoms with Crippen molar-refractivity contribution in [2.75, 3.05) is 50.2 Å². The van der Waals surface area contributed by atoms with Crippen LogP contribution in [0.2, 0.25) is 0 Å². The van der Waals surface area contributed by atoms with Crippen molar-refractivity contribution < 1.29 is 51.7 Å². The van der Waals surface area contributed by atoms with Gasteiger partial charge in [-0.2, -0.15) is 18.4 Å². The minimum Gasteiger partial charge on any atom is -0.494 e. The number of halogens is 3. The Bertz CT molecular complexity index is 2400. The molecule has 5 N–H and O–H groups in total. The van der Waals surface area contributed by atoms with Crippen LogP contribution in [0, 0.1) is 23.7 Å². The van der Waals surface area contributed by atoms with E-state index in [1.807, 2.05) is 52.0 Å². The van der Waals surface area contributed by atoms with Gasteiger partial charge in [-0.05, 0) is 105 Å². The van der Waals surface area contributed by atoms with Gasteiger partial charge in [0.1, 0.15) is 30.0 Å². The molecule has 0 aliphatic carbocycles. The second-order valence-electron chi connectivity index (χ2n) is 18.5. The number of aryl methyl sites for hydroxylation is 1. The number of unbranched alkanes of at least 4 members (excludes halogenated alkanes) is 2. The number of rotatable bonds is 23. The smallest absolute Gasteiger partial charge is 0.417 e. The number of hydrogen-bond donors (Lipinski definition) is 5. The fraction of sp³-hybridized carbons (Fsp3) is 0.480. The van der Waals surface area contributed by atoms with E-state index in [0.29, 0.717) is 50.7 Å². The van der Waals surface area contributed by atoms with Gasteiger partial charge in [0.25, 0.3) is 0 Å². The maximum atomic E-state index is 13.9. The van der Waals surface area contributed by atoms with E-state index in [0.717, 1.165) is 46.7 Å². The lowest BCUT2D eigenvalue weighted by Gasteiger charge is -2.35. The minimum atomic E-state index is -4.75. The quantitative estimate of drug-likeness (QED) is 0.0458.